The molecule has 3 rings (SSSR count). The van der Waals surface area contributed by atoms with Gasteiger partial charge in [0.1, 0.15) is 5.82 Å². The number of ether oxygens (including phenoxy) is 1. The van der Waals surface area contributed by atoms with Gasteiger partial charge >= 0.3 is 0 Å². The molecule has 1 saturated heterocycles. The molecule has 0 radical (unpaired) electrons. The molecule has 1 aliphatic rings. The normalized spacial score (nSPS) is 16.4. The first-order chi connectivity index (χ1) is 13.4. The summed E-state index contributed by atoms with van der Waals surface area (Å²) in [7, 11) is 1.70. The van der Waals surface area contributed by atoms with Gasteiger partial charge in [0.2, 0.25) is 0 Å². The Morgan fingerprint density at radius 1 is 1.14 bits per heavy atom. The van der Waals surface area contributed by atoms with Crippen LogP contribution in [0.2, 0.25) is 0 Å². The lowest BCUT2D eigenvalue weighted by Crippen LogP contribution is -2.48. The second-order valence-corrected chi connectivity index (χ2v) is 7.62. The van der Waals surface area contributed by atoms with Crippen LogP contribution in [-0.4, -0.2) is 61.7 Å². The second-order valence-electron chi connectivity index (χ2n) is 7.62. The summed E-state index contributed by atoms with van der Waals surface area (Å²) in [6.45, 7) is 10.5. The van der Waals surface area contributed by atoms with Crippen molar-refractivity contribution in [3.63, 3.8) is 0 Å². The molecule has 0 saturated carbocycles. The van der Waals surface area contributed by atoms with Crippen LogP contribution in [-0.2, 0) is 4.74 Å². The minimum atomic E-state index is -0.217. The van der Waals surface area contributed by atoms with Gasteiger partial charge in [0.15, 0.2) is 5.78 Å². The molecule has 1 atom stereocenters. The molecule has 6 heteroatoms. The number of piperazine rings is 1. The van der Waals surface area contributed by atoms with E-state index in [1.807, 2.05) is 32.0 Å². The topological polar surface area (TPSA) is 37.7 Å². The minimum Gasteiger partial charge on any atom is -0.383 e. The first-order valence-corrected chi connectivity index (χ1v) is 9.84. The molecule has 2 heterocycles. The maximum Gasteiger partial charge on any atom is 0.178 e. The van der Waals surface area contributed by atoms with Gasteiger partial charge < -0.3 is 14.2 Å². The third-order valence-electron chi connectivity index (χ3n) is 5.56. The zero-order valence-corrected chi connectivity index (χ0v) is 17.2. The van der Waals surface area contributed by atoms with Crippen molar-refractivity contribution in [1.29, 1.82) is 0 Å². The number of ketones is 1. The van der Waals surface area contributed by atoms with Gasteiger partial charge in [-0.25, -0.2) is 4.39 Å². The van der Waals surface area contributed by atoms with E-state index in [9.17, 15) is 9.18 Å². The summed E-state index contributed by atoms with van der Waals surface area (Å²) in [6.07, 6.45) is 0. The Balaban J connectivity index is 1.60. The van der Waals surface area contributed by atoms with Gasteiger partial charge in [-0.05, 0) is 51.1 Å². The van der Waals surface area contributed by atoms with E-state index in [2.05, 4.69) is 21.3 Å². The third kappa shape index (κ3) is 4.45. The molecule has 2 aromatic rings. The molecule has 0 N–H and O–H groups in total. The summed E-state index contributed by atoms with van der Waals surface area (Å²) < 4.78 is 20.6. The smallest absolute Gasteiger partial charge is 0.178 e. The van der Waals surface area contributed by atoms with Crippen LogP contribution in [0.1, 0.15) is 34.7 Å². The summed E-state index contributed by atoms with van der Waals surface area (Å²) in [6, 6.07) is 8.81. The van der Waals surface area contributed by atoms with Crippen LogP contribution in [0, 0.1) is 19.7 Å². The summed E-state index contributed by atoms with van der Waals surface area (Å²) in [5, 5.41) is 0. The molecule has 1 fully saturated rings. The highest BCUT2D eigenvalue weighted by molar-refractivity contribution is 5.99. The number of nitrogens with zero attached hydrogens (tertiary/aromatic N) is 3. The van der Waals surface area contributed by atoms with Crippen molar-refractivity contribution in [2.24, 2.45) is 0 Å². The first kappa shape index (κ1) is 20.6. The maximum absolute atomic E-state index is 13.1. The number of Topliss-reactive ketones (excluding diaryl/α,β-unsaturated/α-hetero) is 1. The summed E-state index contributed by atoms with van der Waals surface area (Å²) in [4.78, 5) is 17.4. The van der Waals surface area contributed by atoms with E-state index in [1.54, 1.807) is 7.11 Å². The number of carbonyl (C=O) groups is 1. The van der Waals surface area contributed by atoms with Gasteiger partial charge in [0.25, 0.3) is 0 Å². The Labute approximate surface area is 166 Å². The molecule has 1 aromatic heterocycles. The number of carbonyl (C=O) groups excluding carboxylic acids is 1. The number of benzene rings is 1. The quantitative estimate of drug-likeness (QED) is 0.682. The van der Waals surface area contributed by atoms with Gasteiger partial charge in [-0.1, -0.05) is 0 Å². The standard InChI is InChI=1S/C22H30FN3O2/c1-16-13-21(18(3)26(16)17(2)15-28-4)22(27)14-24-9-11-25(12-10-24)20-7-5-19(23)6-8-20/h5-8,13,17H,9-12,14-15H2,1-4H3/t17-/m0/s1. The molecule has 28 heavy (non-hydrogen) atoms. The van der Waals surface area contributed by atoms with E-state index in [0.717, 1.165) is 48.8 Å². The van der Waals surface area contributed by atoms with Crippen molar-refractivity contribution >= 4 is 11.5 Å². The van der Waals surface area contributed by atoms with Crippen molar-refractivity contribution in [2.45, 2.75) is 26.8 Å². The van der Waals surface area contributed by atoms with Gasteiger partial charge in [-0.2, -0.15) is 0 Å². The van der Waals surface area contributed by atoms with Crippen LogP contribution in [0.15, 0.2) is 30.3 Å². The number of aromatic nitrogens is 1. The van der Waals surface area contributed by atoms with Crippen LogP contribution in [0.3, 0.4) is 0 Å². The maximum atomic E-state index is 13.1. The van der Waals surface area contributed by atoms with Crippen molar-refractivity contribution in [3.8, 4) is 0 Å². The fourth-order valence-corrected chi connectivity index (χ4v) is 4.16. The number of hydrogen-bond donors (Lipinski definition) is 0. The van der Waals surface area contributed by atoms with E-state index >= 15 is 0 Å². The van der Waals surface area contributed by atoms with Gasteiger partial charge in [-0.3, -0.25) is 9.69 Å². The predicted octanol–water partition coefficient (Wildman–Crippen LogP) is 3.46. The molecule has 5 nitrogen and oxygen atoms in total. The summed E-state index contributed by atoms with van der Waals surface area (Å²) >= 11 is 0. The Morgan fingerprint density at radius 2 is 1.79 bits per heavy atom. The van der Waals surface area contributed by atoms with Crippen LogP contribution in [0.25, 0.3) is 0 Å². The van der Waals surface area contributed by atoms with E-state index in [0.29, 0.717) is 13.2 Å². The van der Waals surface area contributed by atoms with Gasteiger partial charge in [0.05, 0.1) is 19.2 Å². The number of anilines is 1. The predicted molar refractivity (Wildman–Crippen MR) is 110 cm³/mol. The Bertz CT molecular complexity index is 808. The lowest BCUT2D eigenvalue weighted by Gasteiger charge is -2.35. The molecular formula is C22H30FN3O2. The van der Waals surface area contributed by atoms with Crippen LogP contribution >= 0.6 is 0 Å². The molecule has 0 unspecified atom stereocenters. The molecule has 0 bridgehead atoms. The monoisotopic (exact) mass is 387 g/mol. The second kappa shape index (κ2) is 8.88. The zero-order chi connectivity index (χ0) is 20.3. The Kier molecular flexibility index (Phi) is 6.52. The fraction of sp³-hybridized carbons (Fsp3) is 0.500. The number of rotatable bonds is 7. The van der Waals surface area contributed by atoms with Crippen LogP contribution in [0.5, 0.6) is 0 Å². The highest BCUT2D eigenvalue weighted by Crippen LogP contribution is 2.22. The fourth-order valence-electron chi connectivity index (χ4n) is 4.16. The van der Waals surface area contributed by atoms with E-state index in [4.69, 9.17) is 4.74 Å². The van der Waals surface area contributed by atoms with E-state index < -0.39 is 0 Å². The first-order valence-electron chi connectivity index (χ1n) is 9.84. The SMILES string of the molecule is COC[C@H](C)n1c(C)cc(C(=O)CN2CCN(c3ccc(F)cc3)CC2)c1C. The minimum absolute atomic E-state index is 0.166. The summed E-state index contributed by atoms with van der Waals surface area (Å²) in [5.41, 5.74) is 3.94. The Hall–Kier alpha value is -2.18. The van der Waals surface area contributed by atoms with E-state index in [-0.39, 0.29) is 17.6 Å². The molecule has 1 aliphatic heterocycles. The van der Waals surface area contributed by atoms with Gasteiger partial charge in [-0.15, -0.1) is 0 Å². The molecule has 0 aliphatic carbocycles. The van der Waals surface area contributed by atoms with Crippen molar-refractivity contribution in [3.05, 3.63) is 53.1 Å². The molecule has 1 aromatic carbocycles. The number of halogens is 1. The molecule has 152 valence electrons. The highest BCUT2D eigenvalue weighted by atomic mass is 19.1. The van der Waals surface area contributed by atoms with Crippen molar-refractivity contribution in [2.75, 3.05) is 51.3 Å². The van der Waals surface area contributed by atoms with E-state index in [1.165, 1.54) is 12.1 Å². The number of hydrogen-bond acceptors (Lipinski definition) is 4. The lowest BCUT2D eigenvalue weighted by molar-refractivity contribution is 0.0925. The zero-order valence-electron chi connectivity index (χ0n) is 17.2. The summed E-state index contributed by atoms with van der Waals surface area (Å²) in [5.74, 6) is -0.0513. The van der Waals surface area contributed by atoms with Crippen molar-refractivity contribution in [1.82, 2.24) is 9.47 Å². The number of aryl methyl sites for hydroxylation is 1. The largest absolute Gasteiger partial charge is 0.383 e. The van der Waals surface area contributed by atoms with Crippen LogP contribution < -0.4 is 4.90 Å². The molecular weight excluding hydrogens is 357 g/mol. The Morgan fingerprint density at radius 3 is 2.39 bits per heavy atom. The number of methoxy groups -OCH3 is 1. The molecule has 0 spiro atoms. The lowest BCUT2D eigenvalue weighted by atomic mass is 10.1. The highest BCUT2D eigenvalue weighted by Gasteiger charge is 2.23. The molecule has 0 amide bonds. The van der Waals surface area contributed by atoms with Gasteiger partial charge in [0, 0.05) is 55.9 Å². The van der Waals surface area contributed by atoms with Crippen LogP contribution in [0.4, 0.5) is 10.1 Å². The average molecular weight is 387 g/mol. The van der Waals surface area contributed by atoms with Crippen molar-refractivity contribution < 1.29 is 13.9 Å². The average Bonchev–Trinajstić information content (AvgIpc) is 2.97. The third-order valence-corrected chi connectivity index (χ3v) is 5.56.